The smallest absolute Gasteiger partial charge is 0.242 e. The Morgan fingerprint density at radius 2 is 2.41 bits per heavy atom. The third-order valence-electron chi connectivity index (χ3n) is 2.82. The van der Waals surface area contributed by atoms with Gasteiger partial charge in [-0.25, -0.2) is 13.1 Å². The van der Waals surface area contributed by atoms with Crippen molar-refractivity contribution in [2.75, 3.05) is 6.61 Å². The second-order valence-electron chi connectivity index (χ2n) is 3.96. The maximum Gasteiger partial charge on any atom is 0.242 e. The normalized spacial score (nSPS) is 25.3. The van der Waals surface area contributed by atoms with Gasteiger partial charge >= 0.3 is 0 Å². The van der Waals surface area contributed by atoms with Crippen LogP contribution in [0.5, 0.6) is 0 Å². The minimum absolute atomic E-state index is 0.110. The van der Waals surface area contributed by atoms with Crippen LogP contribution in [0.2, 0.25) is 0 Å². The molecule has 17 heavy (non-hydrogen) atoms. The summed E-state index contributed by atoms with van der Waals surface area (Å²) < 4.78 is 32.1. The van der Waals surface area contributed by atoms with Gasteiger partial charge in [-0.1, -0.05) is 0 Å². The van der Waals surface area contributed by atoms with Gasteiger partial charge < -0.3 is 9.84 Å². The number of thiophene rings is 1. The van der Waals surface area contributed by atoms with Crippen LogP contribution in [0.15, 0.2) is 16.3 Å². The van der Waals surface area contributed by atoms with E-state index in [1.165, 1.54) is 17.4 Å². The van der Waals surface area contributed by atoms with Crippen LogP contribution in [0, 0.1) is 0 Å². The highest BCUT2D eigenvalue weighted by Crippen LogP contribution is 2.23. The molecule has 2 N–H and O–H groups in total. The molecule has 1 saturated heterocycles. The average molecular weight is 277 g/mol. The van der Waals surface area contributed by atoms with Crippen molar-refractivity contribution < 1.29 is 18.3 Å². The third-order valence-corrected chi connectivity index (χ3v) is 5.43. The minimum Gasteiger partial charge on any atom is -0.391 e. The molecule has 2 unspecified atom stereocenters. The van der Waals surface area contributed by atoms with E-state index >= 15 is 0 Å². The topological polar surface area (TPSA) is 75.6 Å². The van der Waals surface area contributed by atoms with E-state index in [2.05, 4.69) is 4.72 Å². The van der Waals surface area contributed by atoms with E-state index in [0.717, 1.165) is 0 Å². The zero-order valence-corrected chi connectivity index (χ0v) is 11.1. The van der Waals surface area contributed by atoms with Crippen LogP contribution in [0.25, 0.3) is 0 Å². The predicted molar refractivity (Wildman–Crippen MR) is 64.4 cm³/mol. The lowest BCUT2D eigenvalue weighted by Gasteiger charge is -2.16. The third kappa shape index (κ3) is 2.69. The van der Waals surface area contributed by atoms with Crippen LogP contribution in [-0.4, -0.2) is 32.3 Å². The Balaban J connectivity index is 2.19. The van der Waals surface area contributed by atoms with Crippen LogP contribution in [0.1, 0.15) is 18.2 Å². The second-order valence-corrected chi connectivity index (χ2v) is 6.64. The molecule has 0 aliphatic carbocycles. The zero-order valence-electron chi connectivity index (χ0n) is 9.42. The predicted octanol–water partition coefficient (Wildman–Crippen LogP) is 0.696. The van der Waals surface area contributed by atoms with E-state index in [4.69, 9.17) is 9.84 Å². The Hall–Kier alpha value is -0.470. The van der Waals surface area contributed by atoms with Crippen LogP contribution < -0.4 is 4.72 Å². The summed E-state index contributed by atoms with van der Waals surface area (Å²) in [6, 6.07) is 1.32. The fraction of sp³-hybridized carbons (Fsp3) is 0.600. The second kappa shape index (κ2) is 5.03. The van der Waals surface area contributed by atoms with Gasteiger partial charge in [0.25, 0.3) is 0 Å². The summed E-state index contributed by atoms with van der Waals surface area (Å²) in [5, 5.41) is 10.7. The van der Waals surface area contributed by atoms with Crippen molar-refractivity contribution in [2.24, 2.45) is 0 Å². The maximum atomic E-state index is 12.1. The Labute approximate surface area is 104 Å². The molecule has 1 aromatic heterocycles. The van der Waals surface area contributed by atoms with Gasteiger partial charge in [0.15, 0.2) is 0 Å². The van der Waals surface area contributed by atoms with E-state index in [-0.39, 0.29) is 23.6 Å². The van der Waals surface area contributed by atoms with E-state index in [0.29, 0.717) is 17.9 Å². The van der Waals surface area contributed by atoms with Crippen molar-refractivity contribution >= 4 is 21.4 Å². The summed E-state index contributed by atoms with van der Waals surface area (Å²) in [4.78, 5) is 0.633. The molecule has 1 aromatic rings. The standard InChI is InChI=1S/C10H15NO4S2/c1-7-8(2-4-15-7)11-17(13,14)10-3-5-16-9(10)6-12/h3,5,7-8,11-12H,2,4,6H2,1H3. The number of ether oxygens (including phenoxy) is 1. The summed E-state index contributed by atoms with van der Waals surface area (Å²) in [6.45, 7) is 2.16. The molecule has 1 aliphatic heterocycles. The zero-order chi connectivity index (χ0) is 12.5. The Morgan fingerprint density at radius 1 is 1.65 bits per heavy atom. The van der Waals surface area contributed by atoms with Crippen molar-refractivity contribution in [3.8, 4) is 0 Å². The number of hydrogen-bond donors (Lipinski definition) is 2. The summed E-state index contributed by atoms with van der Waals surface area (Å²) in [6.07, 6.45) is 0.569. The number of aliphatic hydroxyl groups excluding tert-OH is 1. The van der Waals surface area contributed by atoms with Crippen LogP contribution in [0.3, 0.4) is 0 Å². The number of nitrogens with one attached hydrogen (secondary N) is 1. The first-order chi connectivity index (χ1) is 8.04. The van der Waals surface area contributed by atoms with Gasteiger partial charge in [0.2, 0.25) is 10.0 Å². The fourth-order valence-corrected chi connectivity index (χ4v) is 4.47. The average Bonchev–Trinajstić information content (AvgIpc) is 2.88. The molecule has 0 saturated carbocycles. The SMILES string of the molecule is CC1OCCC1NS(=O)(=O)c1ccsc1CO. The first kappa shape index (κ1) is 13.0. The molecular formula is C10H15NO4S2. The molecule has 2 rings (SSSR count). The van der Waals surface area contributed by atoms with Crippen molar-refractivity contribution in [3.05, 3.63) is 16.3 Å². The monoisotopic (exact) mass is 277 g/mol. The fourth-order valence-electron chi connectivity index (χ4n) is 1.83. The molecule has 7 heteroatoms. The maximum absolute atomic E-state index is 12.1. The molecule has 0 amide bonds. The molecule has 1 aliphatic rings. The lowest BCUT2D eigenvalue weighted by atomic mass is 10.2. The van der Waals surface area contributed by atoms with Crippen molar-refractivity contribution in [3.63, 3.8) is 0 Å². The van der Waals surface area contributed by atoms with Crippen molar-refractivity contribution in [2.45, 2.75) is 37.0 Å². The molecule has 96 valence electrons. The van der Waals surface area contributed by atoms with Gasteiger partial charge in [0.05, 0.1) is 23.6 Å². The van der Waals surface area contributed by atoms with Gasteiger partial charge in [-0.3, -0.25) is 0 Å². The Bertz CT molecular complexity index is 482. The van der Waals surface area contributed by atoms with E-state index < -0.39 is 10.0 Å². The van der Waals surface area contributed by atoms with E-state index in [1.807, 2.05) is 6.92 Å². The highest BCUT2D eigenvalue weighted by atomic mass is 32.2. The van der Waals surface area contributed by atoms with E-state index in [1.54, 1.807) is 5.38 Å². The molecule has 2 heterocycles. The van der Waals surface area contributed by atoms with Gasteiger partial charge in [-0.2, -0.15) is 0 Å². The lowest BCUT2D eigenvalue weighted by molar-refractivity contribution is 0.117. The Kier molecular flexibility index (Phi) is 3.84. The van der Waals surface area contributed by atoms with Gasteiger partial charge in [0.1, 0.15) is 0 Å². The summed E-state index contributed by atoms with van der Waals surface area (Å²) in [7, 11) is -3.56. The van der Waals surface area contributed by atoms with Crippen molar-refractivity contribution in [1.82, 2.24) is 4.72 Å². The molecule has 2 atom stereocenters. The highest BCUT2D eigenvalue weighted by Gasteiger charge is 2.30. The first-order valence-corrected chi connectivity index (χ1v) is 7.72. The molecular weight excluding hydrogens is 262 g/mol. The van der Waals surface area contributed by atoms with Crippen LogP contribution in [0.4, 0.5) is 0 Å². The summed E-state index contributed by atoms with van der Waals surface area (Å²) in [5.41, 5.74) is 0. The first-order valence-electron chi connectivity index (χ1n) is 5.36. The summed E-state index contributed by atoms with van der Waals surface area (Å²) in [5.74, 6) is 0. The largest absolute Gasteiger partial charge is 0.391 e. The number of aliphatic hydroxyl groups is 1. The molecule has 0 bridgehead atoms. The van der Waals surface area contributed by atoms with Gasteiger partial charge in [0, 0.05) is 11.5 Å². The molecule has 1 fully saturated rings. The lowest BCUT2D eigenvalue weighted by Crippen LogP contribution is -2.39. The number of hydrogen-bond acceptors (Lipinski definition) is 5. The van der Waals surface area contributed by atoms with Gasteiger partial charge in [-0.05, 0) is 24.8 Å². The van der Waals surface area contributed by atoms with E-state index in [9.17, 15) is 8.42 Å². The quantitative estimate of drug-likeness (QED) is 0.849. The Morgan fingerprint density at radius 3 is 3.00 bits per heavy atom. The number of rotatable bonds is 4. The van der Waals surface area contributed by atoms with Gasteiger partial charge in [-0.15, -0.1) is 11.3 Å². The van der Waals surface area contributed by atoms with Crippen LogP contribution >= 0.6 is 11.3 Å². The molecule has 0 aromatic carbocycles. The highest BCUT2D eigenvalue weighted by molar-refractivity contribution is 7.89. The van der Waals surface area contributed by atoms with Crippen molar-refractivity contribution in [1.29, 1.82) is 0 Å². The summed E-state index contributed by atoms with van der Waals surface area (Å²) >= 11 is 1.23. The molecule has 5 nitrogen and oxygen atoms in total. The molecule has 0 radical (unpaired) electrons. The van der Waals surface area contributed by atoms with Crippen LogP contribution in [-0.2, 0) is 21.4 Å². The number of sulfonamides is 1. The molecule has 0 spiro atoms. The minimum atomic E-state index is -3.56.